The molecule has 28 heavy (non-hydrogen) atoms. The molecule has 142 valence electrons. The summed E-state index contributed by atoms with van der Waals surface area (Å²) in [5.41, 5.74) is 1.38. The zero-order chi connectivity index (χ0) is 18.9. The van der Waals surface area contributed by atoms with Crippen molar-refractivity contribution in [1.82, 2.24) is 20.3 Å². The van der Waals surface area contributed by atoms with Crippen molar-refractivity contribution in [2.24, 2.45) is 0 Å². The summed E-state index contributed by atoms with van der Waals surface area (Å²) in [6, 6.07) is 11.1. The third-order valence-corrected chi connectivity index (χ3v) is 5.14. The number of hydrogen-bond acceptors (Lipinski definition) is 7. The Kier molecular flexibility index (Phi) is 4.16. The van der Waals surface area contributed by atoms with Crippen LogP contribution in [0, 0.1) is 0 Å². The number of amides is 1. The fraction of sp³-hybridized carbons (Fsp3) is 0.300. The molecule has 4 heterocycles. The fourth-order valence-corrected chi connectivity index (χ4v) is 3.60. The highest BCUT2D eigenvalue weighted by atomic mass is 16.5. The Morgan fingerprint density at radius 3 is 2.79 bits per heavy atom. The molecule has 0 unspecified atom stereocenters. The molecule has 1 aliphatic rings. The van der Waals surface area contributed by atoms with Gasteiger partial charge in [0.05, 0.1) is 12.7 Å². The average Bonchev–Trinajstić information content (AvgIpc) is 3.49. The van der Waals surface area contributed by atoms with Crippen LogP contribution in [0.3, 0.4) is 0 Å². The van der Waals surface area contributed by atoms with E-state index in [9.17, 15) is 4.79 Å². The van der Waals surface area contributed by atoms with Crippen LogP contribution >= 0.6 is 0 Å². The summed E-state index contributed by atoms with van der Waals surface area (Å²) in [5, 5.41) is 13.2. The van der Waals surface area contributed by atoms with Crippen molar-refractivity contribution in [3.8, 4) is 11.7 Å². The second-order valence-corrected chi connectivity index (χ2v) is 6.88. The third-order valence-electron chi connectivity index (χ3n) is 5.14. The Morgan fingerprint density at radius 2 is 1.96 bits per heavy atom. The zero-order valence-electron chi connectivity index (χ0n) is 15.1. The van der Waals surface area contributed by atoms with E-state index >= 15 is 0 Å². The van der Waals surface area contributed by atoms with E-state index in [-0.39, 0.29) is 18.2 Å². The van der Waals surface area contributed by atoms with Gasteiger partial charge in [0.1, 0.15) is 5.69 Å². The number of carbonyl (C=O) groups excluding carboxylic acids is 1. The largest absolute Gasteiger partial charge is 0.459 e. The number of aromatic nitrogens is 3. The van der Waals surface area contributed by atoms with Crippen LogP contribution in [0.25, 0.3) is 22.6 Å². The number of carbonyl (C=O) groups is 1. The minimum atomic E-state index is 0.0549. The molecular formula is C20H18N4O4. The van der Waals surface area contributed by atoms with E-state index in [0.717, 1.165) is 18.2 Å². The number of furan rings is 1. The van der Waals surface area contributed by atoms with Gasteiger partial charge in [-0.3, -0.25) is 4.79 Å². The highest BCUT2D eigenvalue weighted by Gasteiger charge is 2.28. The molecule has 3 aromatic heterocycles. The Morgan fingerprint density at radius 1 is 1.11 bits per heavy atom. The molecule has 0 bridgehead atoms. The van der Waals surface area contributed by atoms with Gasteiger partial charge in [0.15, 0.2) is 11.3 Å². The Labute approximate surface area is 160 Å². The van der Waals surface area contributed by atoms with Gasteiger partial charge < -0.3 is 18.3 Å². The second kappa shape index (κ2) is 6.95. The van der Waals surface area contributed by atoms with E-state index in [0.29, 0.717) is 41.9 Å². The first-order valence-corrected chi connectivity index (χ1v) is 9.26. The van der Waals surface area contributed by atoms with Crippen LogP contribution in [0.5, 0.6) is 0 Å². The Balaban J connectivity index is 1.21. The standard InChI is InChI=1S/C20H18N4O4/c25-18(12-15-14-4-1-2-5-16(14)28-23-15)24-9-7-13(8-10-24)19-21-22-20(27-19)17-6-3-11-26-17/h1-6,11,13H,7-10,12H2. The van der Waals surface area contributed by atoms with Crippen molar-refractivity contribution >= 4 is 16.9 Å². The van der Waals surface area contributed by atoms with E-state index in [1.807, 2.05) is 29.2 Å². The summed E-state index contributed by atoms with van der Waals surface area (Å²) < 4.78 is 16.3. The molecule has 5 rings (SSSR count). The molecule has 1 saturated heterocycles. The molecule has 1 fully saturated rings. The lowest BCUT2D eigenvalue weighted by atomic mass is 9.96. The van der Waals surface area contributed by atoms with Gasteiger partial charge in [0.2, 0.25) is 11.8 Å². The number of fused-ring (bicyclic) bond motifs is 1. The van der Waals surface area contributed by atoms with Crippen molar-refractivity contribution in [3.05, 3.63) is 54.2 Å². The summed E-state index contributed by atoms with van der Waals surface area (Å²) in [7, 11) is 0. The molecule has 0 N–H and O–H groups in total. The van der Waals surface area contributed by atoms with Gasteiger partial charge in [-0.25, -0.2) is 0 Å². The van der Waals surface area contributed by atoms with E-state index in [2.05, 4.69) is 15.4 Å². The van der Waals surface area contributed by atoms with Crippen molar-refractivity contribution < 1.29 is 18.2 Å². The van der Waals surface area contributed by atoms with Crippen molar-refractivity contribution in [2.75, 3.05) is 13.1 Å². The molecule has 0 radical (unpaired) electrons. The number of nitrogens with zero attached hydrogens (tertiary/aromatic N) is 4. The lowest BCUT2D eigenvalue weighted by Gasteiger charge is -2.30. The van der Waals surface area contributed by atoms with Crippen LogP contribution in [0.1, 0.15) is 30.3 Å². The first-order chi connectivity index (χ1) is 13.8. The first-order valence-electron chi connectivity index (χ1n) is 9.26. The van der Waals surface area contributed by atoms with Crippen LogP contribution in [0.15, 0.2) is 56.0 Å². The number of benzene rings is 1. The van der Waals surface area contributed by atoms with E-state index in [1.165, 1.54) is 0 Å². The van der Waals surface area contributed by atoms with Crippen LogP contribution in [0.2, 0.25) is 0 Å². The quantitative estimate of drug-likeness (QED) is 0.536. The highest BCUT2D eigenvalue weighted by molar-refractivity contribution is 5.86. The van der Waals surface area contributed by atoms with Gasteiger partial charge in [-0.15, -0.1) is 10.2 Å². The van der Waals surface area contributed by atoms with Crippen LogP contribution in [-0.2, 0) is 11.2 Å². The maximum Gasteiger partial charge on any atom is 0.283 e. The van der Waals surface area contributed by atoms with E-state index in [4.69, 9.17) is 13.4 Å². The molecule has 0 atom stereocenters. The van der Waals surface area contributed by atoms with Crippen LogP contribution in [-0.4, -0.2) is 39.3 Å². The number of piperidine rings is 1. The number of hydrogen-bond donors (Lipinski definition) is 0. The molecule has 0 aliphatic carbocycles. The molecular weight excluding hydrogens is 360 g/mol. The molecule has 8 nitrogen and oxygen atoms in total. The predicted octanol–water partition coefficient (Wildman–Crippen LogP) is 3.42. The normalized spacial score (nSPS) is 15.4. The predicted molar refractivity (Wildman–Crippen MR) is 98.3 cm³/mol. The molecule has 0 spiro atoms. The van der Waals surface area contributed by atoms with Gasteiger partial charge >= 0.3 is 0 Å². The Hall–Kier alpha value is -3.42. The molecule has 1 aromatic carbocycles. The molecule has 8 heteroatoms. The smallest absolute Gasteiger partial charge is 0.283 e. The van der Waals surface area contributed by atoms with Gasteiger partial charge in [-0.05, 0) is 37.1 Å². The van der Waals surface area contributed by atoms with Gasteiger partial charge in [0.25, 0.3) is 5.89 Å². The highest BCUT2D eigenvalue weighted by Crippen LogP contribution is 2.30. The topological polar surface area (TPSA) is 98.4 Å². The third kappa shape index (κ3) is 3.06. The van der Waals surface area contributed by atoms with E-state index < -0.39 is 0 Å². The fourth-order valence-electron chi connectivity index (χ4n) is 3.60. The van der Waals surface area contributed by atoms with Crippen molar-refractivity contribution in [2.45, 2.75) is 25.2 Å². The van der Waals surface area contributed by atoms with Crippen LogP contribution < -0.4 is 0 Å². The van der Waals surface area contributed by atoms with Gasteiger partial charge in [-0.2, -0.15) is 0 Å². The average molecular weight is 378 g/mol. The monoisotopic (exact) mass is 378 g/mol. The SMILES string of the molecule is O=C(Cc1noc2ccccc12)N1CCC(c2nnc(-c3ccco3)o2)CC1. The molecule has 1 aliphatic heterocycles. The zero-order valence-corrected chi connectivity index (χ0v) is 15.1. The summed E-state index contributed by atoms with van der Waals surface area (Å²) >= 11 is 0. The lowest BCUT2D eigenvalue weighted by Crippen LogP contribution is -2.38. The van der Waals surface area contributed by atoms with Crippen LogP contribution in [0.4, 0.5) is 0 Å². The van der Waals surface area contributed by atoms with Gasteiger partial charge in [0, 0.05) is 24.4 Å². The Bertz CT molecular complexity index is 1090. The van der Waals surface area contributed by atoms with E-state index in [1.54, 1.807) is 18.4 Å². The summed E-state index contributed by atoms with van der Waals surface area (Å²) in [6.07, 6.45) is 3.38. The molecule has 0 saturated carbocycles. The minimum Gasteiger partial charge on any atom is -0.459 e. The van der Waals surface area contributed by atoms with Crippen molar-refractivity contribution in [3.63, 3.8) is 0 Å². The summed E-state index contributed by atoms with van der Waals surface area (Å²) in [6.45, 7) is 1.30. The summed E-state index contributed by atoms with van der Waals surface area (Å²) in [5.74, 6) is 1.75. The first kappa shape index (κ1) is 16.7. The minimum absolute atomic E-state index is 0.0549. The molecule has 1 amide bonds. The maximum absolute atomic E-state index is 12.7. The molecule has 4 aromatic rings. The van der Waals surface area contributed by atoms with Crippen molar-refractivity contribution in [1.29, 1.82) is 0 Å². The number of rotatable bonds is 4. The van der Waals surface area contributed by atoms with Gasteiger partial charge in [-0.1, -0.05) is 17.3 Å². The maximum atomic E-state index is 12.7. The summed E-state index contributed by atoms with van der Waals surface area (Å²) in [4.78, 5) is 14.6. The second-order valence-electron chi connectivity index (χ2n) is 6.88. The lowest BCUT2D eigenvalue weighted by molar-refractivity contribution is -0.131. The number of para-hydroxylation sites is 1. The number of likely N-dealkylation sites (tertiary alicyclic amines) is 1.